The number of nitrogens with zero attached hydrogens (tertiary/aromatic N) is 4. The van der Waals surface area contributed by atoms with Crippen LogP contribution in [0.3, 0.4) is 0 Å². The van der Waals surface area contributed by atoms with Gasteiger partial charge in [0.2, 0.25) is 0 Å². The number of hydrazone groups is 1. The second-order valence-corrected chi connectivity index (χ2v) is 9.50. The van der Waals surface area contributed by atoms with Crippen molar-refractivity contribution in [3.63, 3.8) is 0 Å². The fourth-order valence-corrected chi connectivity index (χ4v) is 4.69. The van der Waals surface area contributed by atoms with Crippen molar-refractivity contribution in [3.8, 4) is 23.8 Å². The van der Waals surface area contributed by atoms with Crippen molar-refractivity contribution in [2.24, 2.45) is 10.1 Å². The zero-order valence-electron chi connectivity index (χ0n) is 22.3. The van der Waals surface area contributed by atoms with E-state index in [0.717, 1.165) is 72.3 Å². The lowest BCUT2D eigenvalue weighted by Gasteiger charge is -2.19. The number of aliphatic imine (C=N–C) groups is 1. The molecule has 1 N–H and O–H groups in total. The van der Waals surface area contributed by atoms with Crippen LogP contribution in [0.25, 0.3) is 12.8 Å². The number of anilines is 1. The SMILES string of the molecule is C#Cc1cc(OC)c(=C)/c(=C\N=C(CC)Nc2cc(O[C@@H]3CCN(CC)C3)cc(C3C=NN(C)C3)c2)c1. The Balaban J connectivity index is 1.63. The molecule has 0 spiro atoms. The molecule has 2 heterocycles. The highest BCUT2D eigenvalue weighted by atomic mass is 16.5. The first-order valence-corrected chi connectivity index (χ1v) is 12.9. The number of methoxy groups -OCH3 is 1. The molecule has 7 heteroatoms. The van der Waals surface area contributed by atoms with E-state index >= 15 is 0 Å². The number of hydrogen-bond acceptors (Lipinski definition) is 6. The summed E-state index contributed by atoms with van der Waals surface area (Å²) in [5, 5.41) is 11.5. The summed E-state index contributed by atoms with van der Waals surface area (Å²) >= 11 is 0. The number of ether oxygens (including phenoxy) is 2. The minimum atomic E-state index is 0.199. The summed E-state index contributed by atoms with van der Waals surface area (Å²) in [5.74, 6) is 5.22. The maximum absolute atomic E-state index is 6.46. The quantitative estimate of drug-likeness (QED) is 0.343. The summed E-state index contributed by atoms with van der Waals surface area (Å²) < 4.78 is 11.9. The summed E-state index contributed by atoms with van der Waals surface area (Å²) in [5.41, 5.74) is 2.84. The van der Waals surface area contributed by atoms with Crippen LogP contribution in [0, 0.1) is 12.3 Å². The second-order valence-electron chi connectivity index (χ2n) is 9.50. The van der Waals surface area contributed by atoms with Gasteiger partial charge in [0.15, 0.2) is 0 Å². The summed E-state index contributed by atoms with van der Waals surface area (Å²) in [4.78, 5) is 7.17. The van der Waals surface area contributed by atoms with Crippen LogP contribution in [0.4, 0.5) is 5.69 Å². The van der Waals surface area contributed by atoms with Crippen LogP contribution < -0.4 is 25.2 Å². The Morgan fingerprint density at radius 2 is 2.11 bits per heavy atom. The van der Waals surface area contributed by atoms with E-state index in [9.17, 15) is 0 Å². The van der Waals surface area contributed by atoms with Crippen molar-refractivity contribution in [2.75, 3.05) is 45.7 Å². The number of nitrogens with one attached hydrogen (secondary N) is 1. The van der Waals surface area contributed by atoms with Crippen molar-refractivity contribution in [1.29, 1.82) is 0 Å². The topological polar surface area (TPSA) is 61.7 Å². The third-order valence-corrected chi connectivity index (χ3v) is 6.85. The molecule has 1 unspecified atom stereocenters. The predicted octanol–water partition coefficient (Wildman–Crippen LogP) is 3.23. The molecule has 0 aromatic heterocycles. The number of hydrogen-bond donors (Lipinski definition) is 1. The first-order chi connectivity index (χ1) is 17.9. The van der Waals surface area contributed by atoms with Crippen molar-refractivity contribution < 1.29 is 9.47 Å². The summed E-state index contributed by atoms with van der Waals surface area (Å²) in [6.07, 6.45) is 11.4. The zero-order valence-corrected chi connectivity index (χ0v) is 22.3. The normalized spacial score (nSPS) is 20.4. The lowest BCUT2D eigenvalue weighted by molar-refractivity contribution is 0.202. The Labute approximate surface area is 220 Å². The number of rotatable bonds is 8. The van der Waals surface area contributed by atoms with Gasteiger partial charge in [0.1, 0.15) is 23.4 Å². The molecule has 194 valence electrons. The molecule has 2 aromatic rings. The van der Waals surface area contributed by atoms with Crippen LogP contribution >= 0.6 is 0 Å². The number of benzene rings is 2. The first-order valence-electron chi connectivity index (χ1n) is 12.9. The Hall–Kier alpha value is -3.76. The Morgan fingerprint density at radius 1 is 1.27 bits per heavy atom. The van der Waals surface area contributed by atoms with E-state index in [1.165, 1.54) is 5.56 Å². The van der Waals surface area contributed by atoms with Gasteiger partial charge < -0.3 is 14.8 Å². The predicted molar refractivity (Wildman–Crippen MR) is 153 cm³/mol. The maximum Gasteiger partial charge on any atom is 0.127 e. The Bertz CT molecular complexity index is 1330. The Morgan fingerprint density at radius 3 is 2.76 bits per heavy atom. The van der Waals surface area contributed by atoms with Crippen LogP contribution in [-0.2, 0) is 0 Å². The van der Waals surface area contributed by atoms with Crippen molar-refractivity contribution in [2.45, 2.75) is 38.7 Å². The molecule has 2 aliphatic rings. The molecule has 37 heavy (non-hydrogen) atoms. The lowest BCUT2D eigenvalue weighted by atomic mass is 9.99. The zero-order chi connectivity index (χ0) is 26.4. The van der Waals surface area contributed by atoms with E-state index in [4.69, 9.17) is 20.9 Å². The lowest BCUT2D eigenvalue weighted by Crippen LogP contribution is -2.25. The largest absolute Gasteiger partial charge is 0.496 e. The molecule has 0 radical (unpaired) electrons. The number of likely N-dealkylation sites (N-methyl/N-ethyl adjacent to an activating group) is 2. The molecule has 2 aliphatic heterocycles. The van der Waals surface area contributed by atoms with Gasteiger partial charge in [0, 0.05) is 79.2 Å². The first kappa shape index (κ1) is 26.3. The van der Waals surface area contributed by atoms with Crippen molar-refractivity contribution in [3.05, 3.63) is 51.9 Å². The van der Waals surface area contributed by atoms with E-state index in [0.29, 0.717) is 5.75 Å². The molecule has 2 atom stereocenters. The minimum Gasteiger partial charge on any atom is -0.496 e. The molecule has 1 saturated heterocycles. The van der Waals surface area contributed by atoms with Gasteiger partial charge in [-0.05, 0) is 42.8 Å². The second kappa shape index (κ2) is 12.0. The number of amidine groups is 1. The third kappa shape index (κ3) is 6.52. The van der Waals surface area contributed by atoms with E-state index in [1.54, 1.807) is 13.3 Å². The van der Waals surface area contributed by atoms with Gasteiger partial charge in [-0.25, -0.2) is 4.99 Å². The van der Waals surface area contributed by atoms with E-state index < -0.39 is 0 Å². The van der Waals surface area contributed by atoms with Crippen LogP contribution in [0.2, 0.25) is 0 Å². The molecule has 7 nitrogen and oxygen atoms in total. The summed E-state index contributed by atoms with van der Waals surface area (Å²) in [6, 6.07) is 10.1. The van der Waals surface area contributed by atoms with Crippen LogP contribution in [0.15, 0.2) is 40.4 Å². The van der Waals surface area contributed by atoms with Crippen LogP contribution in [-0.4, -0.2) is 68.4 Å². The standard InChI is InChI=1S/C30H37N5O2/c1-7-22-12-24(21(4)29(13-22)36-6)17-31-30(8-2)33-26-14-23(25-18-32-34(5)19-25)15-28(16-26)37-27-10-11-35(9-3)20-27/h1,12-18,25,27H,4,8-11,19-20H2,2-3,5-6H3,(H,31,33)/b24-17-/t25?,27-/m1/s1. The van der Waals surface area contributed by atoms with Crippen LogP contribution in [0.1, 0.15) is 43.7 Å². The molecule has 4 rings (SSSR count). The van der Waals surface area contributed by atoms with E-state index in [1.807, 2.05) is 30.4 Å². The van der Waals surface area contributed by atoms with Crippen molar-refractivity contribution >= 4 is 30.5 Å². The van der Waals surface area contributed by atoms with E-state index in [2.05, 4.69) is 59.9 Å². The highest BCUT2D eigenvalue weighted by Crippen LogP contribution is 2.30. The van der Waals surface area contributed by atoms with E-state index in [-0.39, 0.29) is 12.0 Å². The molecular formula is C30H37N5O2. The summed E-state index contributed by atoms with van der Waals surface area (Å²) in [6.45, 7) is 12.3. The molecule has 0 bridgehead atoms. The van der Waals surface area contributed by atoms with Gasteiger partial charge >= 0.3 is 0 Å². The average molecular weight is 500 g/mol. The number of terminal acetylenes is 1. The van der Waals surface area contributed by atoms with Crippen LogP contribution in [0.5, 0.6) is 11.5 Å². The van der Waals surface area contributed by atoms with Gasteiger partial charge in [-0.15, -0.1) is 6.42 Å². The smallest absolute Gasteiger partial charge is 0.127 e. The molecule has 0 saturated carbocycles. The van der Waals surface area contributed by atoms with Crippen molar-refractivity contribution in [1.82, 2.24) is 9.91 Å². The summed E-state index contributed by atoms with van der Waals surface area (Å²) in [7, 11) is 3.60. The van der Waals surface area contributed by atoms with Gasteiger partial charge in [-0.1, -0.05) is 26.3 Å². The highest BCUT2D eigenvalue weighted by molar-refractivity contribution is 5.97. The van der Waals surface area contributed by atoms with Gasteiger partial charge in [-0.2, -0.15) is 5.10 Å². The van der Waals surface area contributed by atoms with Gasteiger partial charge in [-0.3, -0.25) is 9.91 Å². The Kier molecular flexibility index (Phi) is 8.52. The highest BCUT2D eigenvalue weighted by Gasteiger charge is 2.24. The molecule has 0 aliphatic carbocycles. The molecule has 1 fully saturated rings. The molecular weight excluding hydrogens is 462 g/mol. The molecule has 0 amide bonds. The average Bonchev–Trinajstić information content (AvgIpc) is 3.55. The monoisotopic (exact) mass is 499 g/mol. The molecule has 2 aromatic carbocycles. The fraction of sp³-hybridized carbons (Fsp3) is 0.400. The fourth-order valence-electron chi connectivity index (χ4n) is 4.69. The third-order valence-electron chi connectivity index (χ3n) is 6.85. The van der Waals surface area contributed by atoms with Gasteiger partial charge in [0.05, 0.1) is 7.11 Å². The maximum atomic E-state index is 6.46. The number of likely N-dealkylation sites (tertiary alicyclic amines) is 1. The minimum absolute atomic E-state index is 0.199. The van der Waals surface area contributed by atoms with Gasteiger partial charge in [0.25, 0.3) is 0 Å².